The van der Waals surface area contributed by atoms with Crippen molar-refractivity contribution in [3.63, 3.8) is 0 Å². The van der Waals surface area contributed by atoms with Gasteiger partial charge in [-0.1, -0.05) is 48.5 Å². The first kappa shape index (κ1) is 22.2. The summed E-state index contributed by atoms with van der Waals surface area (Å²) >= 11 is 1.61. The predicted octanol–water partition coefficient (Wildman–Crippen LogP) is 6.23. The fraction of sp³-hybridized carbons (Fsp3) is 0.222. The quantitative estimate of drug-likeness (QED) is 0.383. The Bertz CT molecular complexity index is 1360. The van der Waals surface area contributed by atoms with Crippen LogP contribution in [0.3, 0.4) is 0 Å². The number of aromatic nitrogens is 2. The number of nitrogens with one attached hydrogen (secondary N) is 1. The Hall–Kier alpha value is -3.58. The average molecular weight is 473 g/mol. The van der Waals surface area contributed by atoms with Gasteiger partial charge < -0.3 is 10.2 Å². The van der Waals surface area contributed by atoms with E-state index in [1.807, 2.05) is 55.1 Å². The molecular weight excluding hydrogens is 447 g/mol. The molecule has 0 fully saturated rings. The van der Waals surface area contributed by atoms with Crippen molar-refractivity contribution in [2.45, 2.75) is 25.8 Å². The summed E-state index contributed by atoms with van der Waals surface area (Å²) in [6, 6.07) is 18.4. The van der Waals surface area contributed by atoms with Crippen molar-refractivity contribution in [2.24, 2.45) is 0 Å². The molecule has 0 unspecified atom stereocenters. The van der Waals surface area contributed by atoms with Crippen LogP contribution in [-0.2, 0) is 5.54 Å². The van der Waals surface area contributed by atoms with Gasteiger partial charge in [-0.25, -0.2) is 19.2 Å². The second kappa shape index (κ2) is 8.99. The SMILES string of the molecule is CC(C)(NC(=O)N1CC=C(c2ncnc3cc(-c4ccc(F)cc4)sc23)CC1)c1ccccc1. The van der Waals surface area contributed by atoms with Crippen LogP contribution in [0.2, 0.25) is 0 Å². The molecule has 1 N–H and O–H groups in total. The van der Waals surface area contributed by atoms with Crippen molar-refractivity contribution in [1.82, 2.24) is 20.2 Å². The molecule has 0 spiro atoms. The zero-order valence-electron chi connectivity index (χ0n) is 19.1. The van der Waals surface area contributed by atoms with Crippen molar-refractivity contribution in [3.05, 3.63) is 90.1 Å². The molecule has 5 rings (SSSR count). The summed E-state index contributed by atoms with van der Waals surface area (Å²) in [7, 11) is 0. The van der Waals surface area contributed by atoms with E-state index >= 15 is 0 Å². The number of rotatable bonds is 4. The van der Waals surface area contributed by atoms with Crippen molar-refractivity contribution in [2.75, 3.05) is 13.1 Å². The molecule has 1 aliphatic heterocycles. The first-order chi connectivity index (χ1) is 16.4. The van der Waals surface area contributed by atoms with Crippen LogP contribution in [0.4, 0.5) is 9.18 Å². The number of fused-ring (bicyclic) bond motifs is 1. The standard InChI is InChI=1S/C27H25FN4OS/c1-27(2,20-6-4-3-5-7-20)31-26(33)32-14-12-19(13-15-32)24-25-22(29-17-30-24)16-23(34-25)18-8-10-21(28)11-9-18/h3-12,16-17H,13-15H2,1-2H3,(H,31,33). The van der Waals surface area contributed by atoms with E-state index in [4.69, 9.17) is 0 Å². The summed E-state index contributed by atoms with van der Waals surface area (Å²) in [6.07, 6.45) is 4.38. The molecule has 7 heteroatoms. The van der Waals surface area contributed by atoms with E-state index in [1.54, 1.807) is 29.8 Å². The summed E-state index contributed by atoms with van der Waals surface area (Å²) in [5.74, 6) is -0.251. The van der Waals surface area contributed by atoms with Gasteiger partial charge in [-0.3, -0.25) is 0 Å². The molecule has 2 amide bonds. The average Bonchev–Trinajstić information content (AvgIpc) is 3.29. The zero-order valence-corrected chi connectivity index (χ0v) is 19.9. The number of urea groups is 1. The summed E-state index contributed by atoms with van der Waals surface area (Å²) in [6.45, 7) is 5.16. The molecular formula is C27H25FN4OS. The van der Waals surface area contributed by atoms with Crippen LogP contribution < -0.4 is 5.32 Å². The first-order valence-electron chi connectivity index (χ1n) is 11.2. The predicted molar refractivity (Wildman–Crippen MR) is 135 cm³/mol. The minimum Gasteiger partial charge on any atom is -0.329 e. The minimum atomic E-state index is -0.463. The molecule has 0 bridgehead atoms. The number of nitrogens with zero attached hydrogens (tertiary/aromatic N) is 3. The molecule has 2 aromatic carbocycles. The number of carbonyl (C=O) groups excluding carboxylic acids is 1. The monoisotopic (exact) mass is 472 g/mol. The fourth-order valence-corrected chi connectivity index (χ4v) is 5.32. The highest BCUT2D eigenvalue weighted by molar-refractivity contribution is 7.22. The summed E-state index contributed by atoms with van der Waals surface area (Å²) in [5.41, 5.74) is 4.46. The lowest BCUT2D eigenvalue weighted by atomic mass is 9.94. The molecule has 0 radical (unpaired) electrons. The van der Waals surface area contributed by atoms with Gasteiger partial charge in [-0.15, -0.1) is 11.3 Å². The van der Waals surface area contributed by atoms with Crippen LogP contribution in [0.5, 0.6) is 0 Å². The van der Waals surface area contributed by atoms with Crippen molar-refractivity contribution >= 4 is 33.2 Å². The molecule has 34 heavy (non-hydrogen) atoms. The first-order valence-corrected chi connectivity index (χ1v) is 12.0. The van der Waals surface area contributed by atoms with E-state index in [-0.39, 0.29) is 11.8 Å². The van der Waals surface area contributed by atoms with Crippen LogP contribution in [-0.4, -0.2) is 34.0 Å². The molecule has 2 aromatic heterocycles. The third kappa shape index (κ3) is 4.43. The molecule has 1 aliphatic rings. The maximum atomic E-state index is 13.3. The Kier molecular flexibility index (Phi) is 5.87. The Morgan fingerprint density at radius 2 is 1.85 bits per heavy atom. The van der Waals surface area contributed by atoms with Gasteiger partial charge >= 0.3 is 6.03 Å². The molecule has 0 saturated carbocycles. The lowest BCUT2D eigenvalue weighted by Gasteiger charge is -2.33. The van der Waals surface area contributed by atoms with E-state index in [0.29, 0.717) is 13.1 Å². The third-order valence-corrected chi connectivity index (χ3v) is 7.34. The molecule has 5 nitrogen and oxygen atoms in total. The molecule has 3 heterocycles. The van der Waals surface area contributed by atoms with E-state index in [9.17, 15) is 9.18 Å². The highest BCUT2D eigenvalue weighted by atomic mass is 32.1. The number of halogens is 1. The topological polar surface area (TPSA) is 58.1 Å². The minimum absolute atomic E-state index is 0.0771. The molecule has 172 valence electrons. The molecule has 0 atom stereocenters. The van der Waals surface area contributed by atoms with E-state index < -0.39 is 5.54 Å². The highest BCUT2D eigenvalue weighted by Gasteiger charge is 2.27. The van der Waals surface area contributed by atoms with Gasteiger partial charge in [0.05, 0.1) is 21.4 Å². The van der Waals surface area contributed by atoms with Gasteiger partial charge in [-0.05, 0) is 55.2 Å². The summed E-state index contributed by atoms with van der Waals surface area (Å²) < 4.78 is 14.3. The van der Waals surface area contributed by atoms with Gasteiger partial charge in [0.25, 0.3) is 0 Å². The number of carbonyl (C=O) groups is 1. The zero-order chi connectivity index (χ0) is 23.7. The maximum absolute atomic E-state index is 13.3. The number of benzene rings is 2. The summed E-state index contributed by atoms with van der Waals surface area (Å²) in [4.78, 5) is 24.8. The number of amides is 2. The lowest BCUT2D eigenvalue weighted by Crippen LogP contribution is -2.49. The molecule has 0 saturated heterocycles. The number of hydrogen-bond acceptors (Lipinski definition) is 4. The Balaban J connectivity index is 1.34. The van der Waals surface area contributed by atoms with E-state index in [0.717, 1.165) is 43.9 Å². The van der Waals surface area contributed by atoms with Gasteiger partial charge in [0, 0.05) is 18.0 Å². The number of hydrogen-bond donors (Lipinski definition) is 1. The van der Waals surface area contributed by atoms with Gasteiger partial charge in [-0.2, -0.15) is 0 Å². The maximum Gasteiger partial charge on any atom is 0.318 e. The third-order valence-electron chi connectivity index (χ3n) is 6.16. The Labute approximate surface area is 202 Å². The van der Waals surface area contributed by atoms with Crippen LogP contribution >= 0.6 is 11.3 Å². The fourth-order valence-electron chi connectivity index (χ4n) is 4.18. The largest absolute Gasteiger partial charge is 0.329 e. The Morgan fingerprint density at radius 1 is 1.09 bits per heavy atom. The molecule has 4 aromatic rings. The van der Waals surface area contributed by atoms with E-state index in [1.165, 1.54) is 12.1 Å². The van der Waals surface area contributed by atoms with Crippen LogP contribution in [0.25, 0.3) is 26.2 Å². The second-order valence-corrected chi connectivity index (χ2v) is 9.95. The summed E-state index contributed by atoms with van der Waals surface area (Å²) in [5, 5.41) is 3.16. The van der Waals surface area contributed by atoms with Crippen LogP contribution in [0, 0.1) is 5.82 Å². The molecule has 0 aliphatic carbocycles. The van der Waals surface area contributed by atoms with Gasteiger partial charge in [0.15, 0.2) is 0 Å². The lowest BCUT2D eigenvalue weighted by molar-refractivity contribution is 0.191. The Morgan fingerprint density at radius 3 is 2.56 bits per heavy atom. The van der Waals surface area contributed by atoms with Gasteiger partial charge in [0.2, 0.25) is 0 Å². The highest BCUT2D eigenvalue weighted by Crippen LogP contribution is 2.37. The van der Waals surface area contributed by atoms with Crippen molar-refractivity contribution in [1.29, 1.82) is 0 Å². The smallest absolute Gasteiger partial charge is 0.318 e. The van der Waals surface area contributed by atoms with Crippen molar-refractivity contribution in [3.8, 4) is 10.4 Å². The normalized spacial score (nSPS) is 14.2. The van der Waals surface area contributed by atoms with Gasteiger partial charge in [0.1, 0.15) is 12.1 Å². The van der Waals surface area contributed by atoms with E-state index in [2.05, 4.69) is 21.4 Å². The van der Waals surface area contributed by atoms with Crippen molar-refractivity contribution < 1.29 is 9.18 Å². The second-order valence-electron chi connectivity index (χ2n) is 8.90. The van der Waals surface area contributed by atoms with Crippen LogP contribution in [0.15, 0.2) is 73.1 Å². The van der Waals surface area contributed by atoms with Crippen LogP contribution in [0.1, 0.15) is 31.5 Å². The number of thiophene rings is 1.